The Hall–Kier alpha value is -2.43. The normalized spacial score (nSPS) is 46.4. The van der Waals surface area contributed by atoms with Crippen LogP contribution in [0, 0.1) is 29.6 Å². The summed E-state index contributed by atoms with van der Waals surface area (Å²) in [6, 6.07) is 0. The molecule has 8 atom stereocenters. The van der Waals surface area contributed by atoms with Crippen molar-refractivity contribution < 1.29 is 69.4 Å². The van der Waals surface area contributed by atoms with E-state index < -0.39 is 87.2 Å². The van der Waals surface area contributed by atoms with Gasteiger partial charge in [0.15, 0.2) is 6.10 Å². The van der Waals surface area contributed by atoms with Crippen molar-refractivity contribution in [3.8, 4) is 0 Å². The Morgan fingerprint density at radius 1 is 1.07 bits per heavy atom. The fourth-order valence-corrected chi connectivity index (χ4v) is 8.65. The molecule has 0 radical (unpaired) electrons. The van der Waals surface area contributed by atoms with Gasteiger partial charge in [0.2, 0.25) is 5.79 Å². The van der Waals surface area contributed by atoms with Crippen molar-refractivity contribution in [2.24, 2.45) is 29.6 Å². The predicted molar refractivity (Wildman–Crippen MR) is 118 cm³/mol. The van der Waals surface area contributed by atoms with E-state index in [1.807, 2.05) is 0 Å². The van der Waals surface area contributed by atoms with Gasteiger partial charge in [-0.3, -0.25) is 14.1 Å². The monoisotopic (exact) mass is 592 g/mol. The van der Waals surface area contributed by atoms with E-state index in [4.69, 9.17) is 33.0 Å². The van der Waals surface area contributed by atoms with Crippen LogP contribution in [-0.2, 0) is 57.7 Å². The molecule has 8 fully saturated rings. The van der Waals surface area contributed by atoms with Gasteiger partial charge in [0, 0.05) is 24.2 Å². The number of fused-ring (bicyclic) bond motifs is 5. The third-order valence-electron chi connectivity index (χ3n) is 9.77. The summed E-state index contributed by atoms with van der Waals surface area (Å²) in [5.74, 6) is -7.43. The number of carbonyl (C=O) groups excluding carboxylic acids is 4. The van der Waals surface area contributed by atoms with E-state index >= 15 is 0 Å². The first-order valence-corrected chi connectivity index (χ1v) is 14.7. The first-order chi connectivity index (χ1) is 18.7. The number of esters is 4. The molecule has 0 aromatic heterocycles. The van der Waals surface area contributed by atoms with Gasteiger partial charge in [-0.2, -0.15) is 17.2 Å². The number of hydrogen-bond acceptors (Lipinski definition) is 12. The van der Waals surface area contributed by atoms with Crippen LogP contribution in [0.2, 0.25) is 0 Å². The van der Waals surface area contributed by atoms with Crippen molar-refractivity contribution in [3.63, 3.8) is 0 Å². The molecule has 6 bridgehead atoms. The minimum Gasteiger partial charge on any atom is -0.465 e. The van der Waals surface area contributed by atoms with Crippen LogP contribution in [0.25, 0.3) is 0 Å². The highest BCUT2D eigenvalue weighted by molar-refractivity contribution is 7.87. The molecule has 40 heavy (non-hydrogen) atoms. The lowest BCUT2D eigenvalue weighted by molar-refractivity contribution is -0.317. The number of rotatable bonds is 6. The Morgan fingerprint density at radius 2 is 1.77 bits per heavy atom. The SMILES string of the molecule is O=C(CC1OC2(OC1=O)C1CC3CC2CC(OC(=O)C(F)(F)S(=O)(=O)O)(C3)C1)OC1CC2OC1C1C(=O)OCC21. The largest absolute Gasteiger partial charge is 0.465 e. The van der Waals surface area contributed by atoms with Crippen LogP contribution >= 0.6 is 0 Å². The minimum absolute atomic E-state index is 0.0289. The number of cyclic esters (lactones) is 1. The van der Waals surface area contributed by atoms with E-state index in [9.17, 15) is 36.4 Å². The second-order valence-electron chi connectivity index (χ2n) is 12.1. The first kappa shape index (κ1) is 26.5. The molecule has 8 aliphatic rings. The third kappa shape index (κ3) is 3.67. The zero-order valence-corrected chi connectivity index (χ0v) is 21.7. The van der Waals surface area contributed by atoms with Gasteiger partial charge in [-0.1, -0.05) is 0 Å². The lowest BCUT2D eigenvalue weighted by Crippen LogP contribution is -2.65. The number of alkyl halides is 2. The Morgan fingerprint density at radius 3 is 2.45 bits per heavy atom. The predicted octanol–water partition coefficient (Wildman–Crippen LogP) is 0.489. The van der Waals surface area contributed by atoms with Gasteiger partial charge >= 0.3 is 39.2 Å². The van der Waals surface area contributed by atoms with Gasteiger partial charge in [-0.25, -0.2) is 9.59 Å². The van der Waals surface area contributed by atoms with E-state index in [-0.39, 0.29) is 49.8 Å². The Balaban J connectivity index is 1.01. The maximum atomic E-state index is 13.9. The average Bonchev–Trinajstić information content (AvgIpc) is 3.59. The molecule has 1 N–H and O–H groups in total. The van der Waals surface area contributed by atoms with Gasteiger partial charge in [0.1, 0.15) is 17.8 Å². The molecule has 4 aliphatic carbocycles. The van der Waals surface area contributed by atoms with Crippen molar-refractivity contribution in [2.75, 3.05) is 6.61 Å². The molecule has 0 aromatic carbocycles. The van der Waals surface area contributed by atoms with E-state index in [0.29, 0.717) is 19.3 Å². The summed E-state index contributed by atoms with van der Waals surface area (Å²) in [5, 5.41) is -5.13. The summed E-state index contributed by atoms with van der Waals surface area (Å²) in [6.45, 7) is 0.280. The van der Waals surface area contributed by atoms with Crippen LogP contribution in [0.15, 0.2) is 0 Å². The lowest BCUT2D eigenvalue weighted by Gasteiger charge is -2.61. The summed E-state index contributed by atoms with van der Waals surface area (Å²) in [4.78, 5) is 49.8. The molecular weight excluding hydrogens is 566 g/mol. The van der Waals surface area contributed by atoms with E-state index in [1.165, 1.54) is 0 Å². The molecule has 8 unspecified atom stereocenters. The van der Waals surface area contributed by atoms with Gasteiger partial charge in [0.05, 0.1) is 25.0 Å². The maximum Gasteiger partial charge on any atom is 0.465 e. The van der Waals surface area contributed by atoms with Gasteiger partial charge in [0.25, 0.3) is 0 Å². The summed E-state index contributed by atoms with van der Waals surface area (Å²) in [6.07, 6.45) is -1.70. The summed E-state index contributed by atoms with van der Waals surface area (Å²) in [7, 11) is -6.03. The Kier molecular flexibility index (Phi) is 5.51. The number of ether oxygens (including phenoxy) is 6. The second kappa shape index (κ2) is 8.32. The Bertz CT molecular complexity index is 1280. The first-order valence-electron chi connectivity index (χ1n) is 13.2. The standard InChI is InChI=1S/C24H26F2O13S/c25-24(26,40(31,32)33)21(30)39-22-5-9-1-10(6-22)23(11(2-9)7-22)37-15(19(28)38-23)4-16(27)35-14-3-13-12-8-34-20(29)17(12)18(14)36-13/h9-15,17-18H,1-8H2,(H,31,32,33). The topological polar surface area (TPSA) is 178 Å². The number of carbonyl (C=O) groups is 4. The molecule has 220 valence electrons. The fourth-order valence-electron chi connectivity index (χ4n) is 8.40. The highest BCUT2D eigenvalue weighted by atomic mass is 32.2. The van der Waals surface area contributed by atoms with Crippen LogP contribution in [0.5, 0.6) is 0 Å². The van der Waals surface area contributed by atoms with E-state index in [2.05, 4.69) is 0 Å². The van der Waals surface area contributed by atoms with Crippen molar-refractivity contribution in [2.45, 2.75) is 86.0 Å². The van der Waals surface area contributed by atoms with Crippen LogP contribution in [-0.4, -0.2) is 84.5 Å². The van der Waals surface area contributed by atoms with Crippen LogP contribution in [0.1, 0.15) is 44.9 Å². The molecule has 4 aliphatic heterocycles. The highest BCUT2D eigenvalue weighted by Crippen LogP contribution is 2.64. The van der Waals surface area contributed by atoms with Crippen molar-refractivity contribution in [3.05, 3.63) is 0 Å². The summed E-state index contributed by atoms with van der Waals surface area (Å²) in [5.41, 5.74) is -1.43. The molecule has 4 saturated heterocycles. The molecule has 0 aromatic rings. The fraction of sp³-hybridized carbons (Fsp3) is 0.833. The average molecular weight is 593 g/mol. The van der Waals surface area contributed by atoms with Crippen molar-refractivity contribution in [1.82, 2.24) is 0 Å². The smallest absolute Gasteiger partial charge is 0.465 e. The van der Waals surface area contributed by atoms with Crippen molar-refractivity contribution in [1.29, 1.82) is 0 Å². The molecular formula is C24H26F2O13S. The van der Waals surface area contributed by atoms with Gasteiger partial charge in [-0.15, -0.1) is 0 Å². The third-order valence-corrected chi connectivity index (χ3v) is 10.6. The molecule has 16 heteroatoms. The maximum absolute atomic E-state index is 13.9. The van der Waals surface area contributed by atoms with E-state index in [1.54, 1.807) is 0 Å². The molecule has 13 nitrogen and oxygen atoms in total. The van der Waals surface area contributed by atoms with Crippen LogP contribution in [0.4, 0.5) is 8.78 Å². The lowest BCUT2D eigenvalue weighted by atomic mass is 9.51. The van der Waals surface area contributed by atoms with Crippen LogP contribution in [0.3, 0.4) is 0 Å². The molecule has 0 amide bonds. The number of halogens is 2. The van der Waals surface area contributed by atoms with Gasteiger partial charge in [-0.05, 0) is 38.0 Å². The molecule has 1 spiro atoms. The second-order valence-corrected chi connectivity index (χ2v) is 13.5. The van der Waals surface area contributed by atoms with Crippen molar-refractivity contribution >= 4 is 34.0 Å². The molecule has 8 rings (SSSR count). The zero-order valence-electron chi connectivity index (χ0n) is 20.9. The van der Waals surface area contributed by atoms with Gasteiger partial charge < -0.3 is 28.4 Å². The highest BCUT2D eigenvalue weighted by Gasteiger charge is 2.71. The summed E-state index contributed by atoms with van der Waals surface area (Å²) >= 11 is 0. The minimum atomic E-state index is -6.03. The Labute approximate surface area is 225 Å². The summed E-state index contributed by atoms with van der Waals surface area (Å²) < 4.78 is 92.0. The van der Waals surface area contributed by atoms with E-state index in [0.717, 1.165) is 0 Å². The molecule has 4 heterocycles. The number of hydrogen-bond donors (Lipinski definition) is 1. The molecule has 4 saturated carbocycles. The quantitative estimate of drug-likeness (QED) is 0.256. The zero-order chi connectivity index (χ0) is 28.4. The van der Waals surface area contributed by atoms with Crippen LogP contribution < -0.4 is 0 Å².